The second-order valence-electron chi connectivity index (χ2n) is 8.21. The van der Waals surface area contributed by atoms with Gasteiger partial charge in [0.1, 0.15) is 0 Å². The minimum absolute atomic E-state index is 0.0678. The van der Waals surface area contributed by atoms with Crippen molar-refractivity contribution in [2.45, 2.75) is 50.1 Å². The molecule has 0 aliphatic heterocycles. The van der Waals surface area contributed by atoms with Gasteiger partial charge in [-0.2, -0.15) is 0 Å². The van der Waals surface area contributed by atoms with Crippen molar-refractivity contribution in [3.05, 3.63) is 48.4 Å². The standard InChI is InChI=1S/C21H27N3O4S/c1-14(20-11-15-2-3-17(20)10-15)24-29(26,27)19-6-4-18(5-7-19)23-21(25)22-12-16-8-9-28-13-16/h4-9,13-15,17,20,24H,2-3,10-12H2,1H3,(H2,22,23,25)/t14-,15+,17+,20+/m1/s1. The first-order valence-electron chi connectivity index (χ1n) is 10.1. The van der Waals surface area contributed by atoms with Crippen LogP contribution in [0.2, 0.25) is 0 Å². The van der Waals surface area contributed by atoms with E-state index in [9.17, 15) is 13.2 Å². The van der Waals surface area contributed by atoms with Crippen LogP contribution in [0.5, 0.6) is 0 Å². The summed E-state index contributed by atoms with van der Waals surface area (Å²) in [4.78, 5) is 12.2. The van der Waals surface area contributed by atoms with Crippen molar-refractivity contribution >= 4 is 21.7 Å². The van der Waals surface area contributed by atoms with Crippen LogP contribution in [0.3, 0.4) is 0 Å². The van der Waals surface area contributed by atoms with E-state index in [2.05, 4.69) is 15.4 Å². The molecule has 4 atom stereocenters. The van der Waals surface area contributed by atoms with Gasteiger partial charge in [0.25, 0.3) is 0 Å². The highest BCUT2D eigenvalue weighted by atomic mass is 32.2. The molecule has 2 saturated carbocycles. The zero-order chi connectivity index (χ0) is 20.4. The Balaban J connectivity index is 1.32. The van der Waals surface area contributed by atoms with Crippen molar-refractivity contribution in [1.29, 1.82) is 0 Å². The second kappa shape index (κ2) is 8.20. The van der Waals surface area contributed by atoms with Gasteiger partial charge in [-0.15, -0.1) is 0 Å². The first-order valence-corrected chi connectivity index (χ1v) is 11.6. The Morgan fingerprint density at radius 2 is 1.97 bits per heavy atom. The molecule has 2 amide bonds. The van der Waals surface area contributed by atoms with Gasteiger partial charge in [0.05, 0.1) is 17.4 Å². The molecule has 1 aromatic heterocycles. The Hall–Kier alpha value is -2.32. The maximum Gasteiger partial charge on any atom is 0.319 e. The summed E-state index contributed by atoms with van der Waals surface area (Å²) in [6.45, 7) is 2.32. The molecule has 0 saturated heterocycles. The maximum absolute atomic E-state index is 12.8. The van der Waals surface area contributed by atoms with Gasteiger partial charge in [-0.3, -0.25) is 0 Å². The maximum atomic E-state index is 12.8. The number of sulfonamides is 1. The lowest BCUT2D eigenvalue weighted by Gasteiger charge is -2.28. The second-order valence-corrected chi connectivity index (χ2v) is 9.93. The normalized spacial score (nSPS) is 24.4. The number of furan rings is 1. The zero-order valence-corrected chi connectivity index (χ0v) is 17.2. The van der Waals surface area contributed by atoms with E-state index in [1.165, 1.54) is 31.4 Å². The third kappa shape index (κ3) is 4.64. The van der Waals surface area contributed by atoms with E-state index in [4.69, 9.17) is 4.42 Å². The molecular formula is C21H27N3O4S. The minimum atomic E-state index is -3.59. The average Bonchev–Trinajstić information content (AvgIpc) is 3.44. The molecule has 0 spiro atoms. The predicted molar refractivity (Wildman–Crippen MR) is 110 cm³/mol. The zero-order valence-electron chi connectivity index (χ0n) is 16.4. The van der Waals surface area contributed by atoms with Gasteiger partial charge in [-0.1, -0.05) is 6.42 Å². The highest BCUT2D eigenvalue weighted by Gasteiger charge is 2.42. The summed E-state index contributed by atoms with van der Waals surface area (Å²) in [6.07, 6.45) is 8.00. The minimum Gasteiger partial charge on any atom is -0.472 e. The van der Waals surface area contributed by atoms with Crippen molar-refractivity contribution in [2.75, 3.05) is 5.32 Å². The van der Waals surface area contributed by atoms with Crippen LogP contribution in [0.4, 0.5) is 10.5 Å². The molecule has 7 nitrogen and oxygen atoms in total. The number of nitrogens with one attached hydrogen (secondary N) is 3. The largest absolute Gasteiger partial charge is 0.472 e. The summed E-state index contributed by atoms with van der Waals surface area (Å²) in [5, 5.41) is 5.40. The molecule has 29 heavy (non-hydrogen) atoms. The number of benzene rings is 1. The van der Waals surface area contributed by atoms with E-state index >= 15 is 0 Å². The first kappa shape index (κ1) is 20.0. The lowest BCUT2D eigenvalue weighted by Crippen LogP contribution is -2.40. The molecule has 2 aromatic rings. The molecule has 2 fully saturated rings. The number of carbonyl (C=O) groups excluding carboxylic acids is 1. The van der Waals surface area contributed by atoms with Gasteiger partial charge < -0.3 is 15.1 Å². The number of hydrogen-bond donors (Lipinski definition) is 3. The lowest BCUT2D eigenvalue weighted by atomic mass is 9.84. The van der Waals surface area contributed by atoms with Gasteiger partial charge in [-0.05, 0) is 74.3 Å². The van der Waals surface area contributed by atoms with Crippen LogP contribution < -0.4 is 15.4 Å². The number of amides is 2. The predicted octanol–water partition coefficient (Wildman–Crippen LogP) is 3.70. The highest BCUT2D eigenvalue weighted by Crippen LogP contribution is 2.49. The van der Waals surface area contributed by atoms with Crippen LogP contribution in [0.25, 0.3) is 0 Å². The number of urea groups is 1. The third-order valence-corrected chi connectivity index (χ3v) is 7.81. The summed E-state index contributed by atoms with van der Waals surface area (Å²) in [7, 11) is -3.59. The van der Waals surface area contributed by atoms with Crippen molar-refractivity contribution in [3.8, 4) is 0 Å². The van der Waals surface area contributed by atoms with E-state index in [-0.39, 0.29) is 17.0 Å². The molecule has 2 aliphatic rings. The monoisotopic (exact) mass is 417 g/mol. The Bertz CT molecular complexity index is 941. The molecule has 2 bridgehead atoms. The Labute approximate surface area is 171 Å². The van der Waals surface area contributed by atoms with Crippen molar-refractivity contribution in [1.82, 2.24) is 10.0 Å². The number of hydrogen-bond acceptors (Lipinski definition) is 4. The SMILES string of the molecule is C[C@@H](NS(=O)(=O)c1ccc(NC(=O)NCc2ccoc2)cc1)[C@@H]1C[C@H]2CC[C@H]1C2. The summed E-state index contributed by atoms with van der Waals surface area (Å²) in [5.74, 6) is 1.87. The topological polar surface area (TPSA) is 100 Å². The molecule has 0 radical (unpaired) electrons. The van der Waals surface area contributed by atoms with Crippen LogP contribution in [0.1, 0.15) is 38.2 Å². The smallest absolute Gasteiger partial charge is 0.319 e. The van der Waals surface area contributed by atoms with E-state index in [0.717, 1.165) is 17.9 Å². The van der Waals surface area contributed by atoms with E-state index < -0.39 is 10.0 Å². The number of fused-ring (bicyclic) bond motifs is 2. The molecule has 4 rings (SSSR count). The molecule has 156 valence electrons. The molecule has 0 unspecified atom stereocenters. The van der Waals surface area contributed by atoms with Crippen molar-refractivity contribution in [2.24, 2.45) is 17.8 Å². The molecule has 8 heteroatoms. The molecule has 3 N–H and O–H groups in total. The molecule has 1 aromatic carbocycles. The van der Waals surface area contributed by atoms with Crippen molar-refractivity contribution in [3.63, 3.8) is 0 Å². The molecular weight excluding hydrogens is 390 g/mol. The van der Waals surface area contributed by atoms with Gasteiger partial charge in [0.2, 0.25) is 10.0 Å². The lowest BCUT2D eigenvalue weighted by molar-refractivity contribution is 0.251. The van der Waals surface area contributed by atoms with Crippen LogP contribution >= 0.6 is 0 Å². The fraction of sp³-hybridized carbons (Fsp3) is 0.476. The summed E-state index contributed by atoms with van der Waals surface area (Å²) >= 11 is 0. The van der Waals surface area contributed by atoms with E-state index in [1.54, 1.807) is 30.7 Å². The molecule has 1 heterocycles. The summed E-state index contributed by atoms with van der Waals surface area (Å²) in [5.41, 5.74) is 1.38. The highest BCUT2D eigenvalue weighted by molar-refractivity contribution is 7.89. The Morgan fingerprint density at radius 3 is 2.59 bits per heavy atom. The van der Waals surface area contributed by atoms with Crippen LogP contribution in [0, 0.1) is 17.8 Å². The van der Waals surface area contributed by atoms with E-state index in [1.807, 2.05) is 6.92 Å². The Kier molecular flexibility index (Phi) is 5.65. The fourth-order valence-corrected chi connectivity index (χ4v) is 6.07. The Morgan fingerprint density at radius 1 is 1.17 bits per heavy atom. The van der Waals surface area contributed by atoms with Gasteiger partial charge >= 0.3 is 6.03 Å². The average molecular weight is 418 g/mol. The van der Waals surface area contributed by atoms with Crippen molar-refractivity contribution < 1.29 is 17.6 Å². The van der Waals surface area contributed by atoms with Crippen LogP contribution in [0.15, 0.2) is 52.2 Å². The number of carbonyl (C=O) groups is 1. The number of anilines is 1. The third-order valence-electron chi connectivity index (χ3n) is 6.23. The quantitative estimate of drug-likeness (QED) is 0.639. The van der Waals surface area contributed by atoms with Gasteiger partial charge in [0, 0.05) is 23.8 Å². The van der Waals surface area contributed by atoms with Gasteiger partial charge in [0.15, 0.2) is 0 Å². The first-order chi connectivity index (χ1) is 13.9. The van der Waals surface area contributed by atoms with E-state index in [0.29, 0.717) is 24.1 Å². The summed E-state index contributed by atoms with van der Waals surface area (Å²) < 4.78 is 33.3. The fourth-order valence-electron chi connectivity index (χ4n) is 4.77. The molecule has 2 aliphatic carbocycles. The van der Waals surface area contributed by atoms with Crippen LogP contribution in [-0.4, -0.2) is 20.5 Å². The number of rotatable bonds is 7. The van der Waals surface area contributed by atoms with Gasteiger partial charge in [-0.25, -0.2) is 17.9 Å². The van der Waals surface area contributed by atoms with Crippen LogP contribution in [-0.2, 0) is 16.6 Å². The summed E-state index contributed by atoms with van der Waals surface area (Å²) in [6, 6.07) is 7.54.